The van der Waals surface area contributed by atoms with Crippen molar-refractivity contribution in [1.29, 1.82) is 0 Å². The normalized spacial score (nSPS) is 16.3. The molecule has 0 radical (unpaired) electrons. The quantitative estimate of drug-likeness (QED) is 0.821. The summed E-state index contributed by atoms with van der Waals surface area (Å²) < 4.78 is 5.25. The summed E-state index contributed by atoms with van der Waals surface area (Å²) in [5.74, 6) is 0. The van der Waals surface area contributed by atoms with Crippen molar-refractivity contribution in [3.05, 3.63) is 28.2 Å². The topological polar surface area (TPSA) is 36.5 Å². The van der Waals surface area contributed by atoms with Gasteiger partial charge in [0.15, 0.2) is 5.11 Å². The van der Waals surface area contributed by atoms with Crippen LogP contribution in [0.5, 0.6) is 0 Å². The second-order valence-corrected chi connectivity index (χ2v) is 4.96. The summed E-state index contributed by atoms with van der Waals surface area (Å²) in [6, 6.07) is 5.36. The molecule has 1 aromatic rings. The molecule has 18 heavy (non-hydrogen) atoms. The summed E-state index contributed by atoms with van der Waals surface area (Å²) in [5.41, 5.74) is 3.78. The number of rotatable bonds is 2. The van der Waals surface area contributed by atoms with Gasteiger partial charge in [-0.2, -0.15) is 0 Å². The van der Waals surface area contributed by atoms with Crippen LogP contribution in [0.1, 0.15) is 0 Å². The Bertz CT molecular complexity index is 438. The SMILES string of the molecule is S=C(Nc1cccc(Cl)c1Cl)NN1CCOCC1. The summed E-state index contributed by atoms with van der Waals surface area (Å²) >= 11 is 17.2. The number of hydrazine groups is 1. The van der Waals surface area contributed by atoms with E-state index in [1.807, 2.05) is 17.1 Å². The van der Waals surface area contributed by atoms with Crippen molar-refractivity contribution < 1.29 is 4.74 Å². The lowest BCUT2D eigenvalue weighted by Crippen LogP contribution is -2.49. The van der Waals surface area contributed by atoms with Crippen LogP contribution >= 0.6 is 35.4 Å². The minimum Gasteiger partial charge on any atom is -0.379 e. The molecule has 0 aromatic heterocycles. The van der Waals surface area contributed by atoms with E-state index in [9.17, 15) is 0 Å². The van der Waals surface area contributed by atoms with E-state index in [-0.39, 0.29) is 0 Å². The fraction of sp³-hybridized carbons (Fsp3) is 0.364. The van der Waals surface area contributed by atoms with E-state index in [4.69, 9.17) is 40.2 Å². The molecule has 2 N–H and O–H groups in total. The molecule has 0 amide bonds. The molecular weight excluding hydrogens is 293 g/mol. The molecule has 98 valence electrons. The van der Waals surface area contributed by atoms with Gasteiger partial charge in [0.05, 0.1) is 28.9 Å². The monoisotopic (exact) mass is 305 g/mol. The maximum absolute atomic E-state index is 6.06. The molecule has 0 saturated carbocycles. The molecule has 1 fully saturated rings. The van der Waals surface area contributed by atoms with E-state index < -0.39 is 0 Å². The maximum atomic E-state index is 6.06. The minimum atomic E-state index is 0.463. The van der Waals surface area contributed by atoms with E-state index in [1.165, 1.54) is 0 Å². The molecule has 0 spiro atoms. The van der Waals surface area contributed by atoms with Gasteiger partial charge < -0.3 is 10.1 Å². The maximum Gasteiger partial charge on any atom is 0.185 e. The molecule has 4 nitrogen and oxygen atoms in total. The second-order valence-electron chi connectivity index (χ2n) is 3.77. The van der Waals surface area contributed by atoms with E-state index in [0.717, 1.165) is 13.1 Å². The first-order valence-corrected chi connectivity index (χ1v) is 6.67. The number of anilines is 1. The number of nitrogens with zero attached hydrogens (tertiary/aromatic N) is 1. The number of morpholine rings is 1. The van der Waals surface area contributed by atoms with Crippen molar-refractivity contribution in [1.82, 2.24) is 10.4 Å². The van der Waals surface area contributed by atoms with Gasteiger partial charge in [0.2, 0.25) is 0 Å². The highest BCUT2D eigenvalue weighted by Crippen LogP contribution is 2.29. The minimum absolute atomic E-state index is 0.463. The van der Waals surface area contributed by atoms with Crippen molar-refractivity contribution in [3.8, 4) is 0 Å². The summed E-state index contributed by atoms with van der Waals surface area (Å²) in [7, 11) is 0. The van der Waals surface area contributed by atoms with Gasteiger partial charge in [-0.05, 0) is 24.4 Å². The summed E-state index contributed by atoms with van der Waals surface area (Å²) in [4.78, 5) is 0. The van der Waals surface area contributed by atoms with Gasteiger partial charge in [0, 0.05) is 13.1 Å². The second kappa shape index (κ2) is 6.54. The van der Waals surface area contributed by atoms with E-state index in [2.05, 4.69) is 10.7 Å². The molecule has 1 aliphatic rings. The standard InChI is InChI=1S/C11H13Cl2N3OS/c12-8-2-1-3-9(10(8)13)14-11(18)15-16-4-6-17-7-5-16/h1-3H,4-7H2,(H2,14,15,18). The van der Waals surface area contributed by atoms with E-state index in [0.29, 0.717) is 34.1 Å². The zero-order valence-electron chi connectivity index (χ0n) is 9.58. The zero-order chi connectivity index (χ0) is 13.0. The average Bonchev–Trinajstić information content (AvgIpc) is 2.36. The molecule has 1 aromatic carbocycles. The number of benzene rings is 1. The van der Waals surface area contributed by atoms with Crippen LogP contribution in [0.25, 0.3) is 0 Å². The van der Waals surface area contributed by atoms with Crippen LogP contribution in [0, 0.1) is 0 Å². The van der Waals surface area contributed by atoms with Crippen molar-refractivity contribution >= 4 is 46.2 Å². The number of hydrogen-bond donors (Lipinski definition) is 2. The Morgan fingerprint density at radius 2 is 2.00 bits per heavy atom. The summed E-state index contributed by atoms with van der Waals surface area (Å²) in [6.07, 6.45) is 0. The van der Waals surface area contributed by atoms with Gasteiger partial charge in [0.25, 0.3) is 0 Å². The molecule has 7 heteroatoms. The van der Waals surface area contributed by atoms with Gasteiger partial charge >= 0.3 is 0 Å². The lowest BCUT2D eigenvalue weighted by atomic mass is 10.3. The fourth-order valence-corrected chi connectivity index (χ4v) is 2.16. The van der Waals surface area contributed by atoms with Gasteiger partial charge in [0.1, 0.15) is 0 Å². The van der Waals surface area contributed by atoms with Crippen molar-refractivity contribution in [2.45, 2.75) is 0 Å². The third-order valence-electron chi connectivity index (χ3n) is 2.47. The molecule has 0 atom stereocenters. The smallest absolute Gasteiger partial charge is 0.185 e. The van der Waals surface area contributed by atoms with Gasteiger partial charge in [-0.25, -0.2) is 5.01 Å². The van der Waals surface area contributed by atoms with E-state index >= 15 is 0 Å². The first-order valence-electron chi connectivity index (χ1n) is 5.51. The Labute approximate surface area is 121 Å². The van der Waals surface area contributed by atoms with Crippen LogP contribution in [0.15, 0.2) is 18.2 Å². The summed E-state index contributed by atoms with van der Waals surface area (Å²) in [5, 5.41) is 6.46. The Hall–Kier alpha value is -0.590. The Balaban J connectivity index is 1.92. The Morgan fingerprint density at radius 1 is 1.28 bits per heavy atom. The van der Waals surface area contributed by atoms with Crippen LogP contribution in [0.2, 0.25) is 10.0 Å². The van der Waals surface area contributed by atoms with Gasteiger partial charge in [-0.3, -0.25) is 5.43 Å². The third kappa shape index (κ3) is 3.70. The molecule has 0 unspecified atom stereocenters. The predicted octanol–water partition coefficient (Wildman–Crippen LogP) is 2.53. The van der Waals surface area contributed by atoms with Crippen LogP contribution in [0.4, 0.5) is 5.69 Å². The van der Waals surface area contributed by atoms with Crippen LogP contribution in [-0.2, 0) is 4.74 Å². The van der Waals surface area contributed by atoms with Gasteiger partial charge in [-0.15, -0.1) is 0 Å². The Kier molecular flexibility index (Phi) is 5.03. The fourth-order valence-electron chi connectivity index (χ4n) is 1.57. The van der Waals surface area contributed by atoms with Crippen LogP contribution in [-0.4, -0.2) is 36.4 Å². The van der Waals surface area contributed by atoms with Crippen molar-refractivity contribution in [3.63, 3.8) is 0 Å². The van der Waals surface area contributed by atoms with Crippen LogP contribution in [0.3, 0.4) is 0 Å². The highest BCUT2D eigenvalue weighted by Gasteiger charge is 2.12. The lowest BCUT2D eigenvalue weighted by Gasteiger charge is -2.28. The lowest BCUT2D eigenvalue weighted by molar-refractivity contribution is 0.0252. The third-order valence-corrected chi connectivity index (χ3v) is 3.48. The Morgan fingerprint density at radius 3 is 2.72 bits per heavy atom. The molecule has 1 saturated heterocycles. The zero-order valence-corrected chi connectivity index (χ0v) is 11.9. The number of thiocarbonyl (C=S) groups is 1. The first-order chi connectivity index (χ1) is 8.66. The number of ether oxygens (including phenoxy) is 1. The molecule has 1 heterocycles. The molecule has 0 aliphatic carbocycles. The van der Waals surface area contributed by atoms with Crippen molar-refractivity contribution in [2.75, 3.05) is 31.6 Å². The predicted molar refractivity (Wildman–Crippen MR) is 78.2 cm³/mol. The summed E-state index contributed by atoms with van der Waals surface area (Å²) in [6.45, 7) is 3.00. The molecule has 2 rings (SSSR count). The number of nitrogens with one attached hydrogen (secondary N) is 2. The molecule has 1 aliphatic heterocycles. The largest absolute Gasteiger partial charge is 0.379 e. The van der Waals surface area contributed by atoms with Crippen LogP contribution < -0.4 is 10.7 Å². The van der Waals surface area contributed by atoms with Crippen molar-refractivity contribution in [2.24, 2.45) is 0 Å². The van der Waals surface area contributed by atoms with E-state index in [1.54, 1.807) is 6.07 Å². The number of hydrogen-bond acceptors (Lipinski definition) is 3. The first kappa shape index (κ1) is 13.8. The highest BCUT2D eigenvalue weighted by molar-refractivity contribution is 7.80. The molecule has 0 bridgehead atoms. The molecular formula is C11H13Cl2N3OS. The van der Waals surface area contributed by atoms with Gasteiger partial charge in [-0.1, -0.05) is 29.3 Å². The highest BCUT2D eigenvalue weighted by atomic mass is 35.5. The number of halogens is 2. The average molecular weight is 306 g/mol.